The molecule has 0 saturated carbocycles. The SMILES string of the molecule is CCC[O-].CCC[O][Al]([O]CCC)[O]CCC.[Na+]. The van der Waals surface area contributed by atoms with E-state index >= 15 is 0 Å². The van der Waals surface area contributed by atoms with Gasteiger partial charge in [0, 0.05) is 19.8 Å². The molecule has 0 aliphatic rings. The van der Waals surface area contributed by atoms with Gasteiger partial charge in [-0.2, -0.15) is 0 Å². The first-order valence-electron chi connectivity index (χ1n) is 6.69. The molecule has 4 nitrogen and oxygen atoms in total. The Morgan fingerprint density at radius 1 is 0.722 bits per heavy atom. The molecule has 0 rings (SSSR count). The fourth-order valence-electron chi connectivity index (χ4n) is 0.787. The quantitative estimate of drug-likeness (QED) is 0.484. The first-order valence-corrected chi connectivity index (χ1v) is 8.10. The minimum Gasteiger partial charge on any atom is -0.854 e. The van der Waals surface area contributed by atoms with Crippen molar-refractivity contribution in [2.24, 2.45) is 0 Å². The summed E-state index contributed by atoms with van der Waals surface area (Å²) in [6.07, 6.45) is 3.83. The molecule has 0 unspecified atom stereocenters. The molecule has 0 heterocycles. The van der Waals surface area contributed by atoms with Crippen LogP contribution in [0.15, 0.2) is 0 Å². The first-order chi connectivity index (χ1) is 8.26. The molecule has 0 aromatic carbocycles. The van der Waals surface area contributed by atoms with E-state index in [9.17, 15) is 5.11 Å². The van der Waals surface area contributed by atoms with Gasteiger partial charge in [-0.1, -0.05) is 34.1 Å². The molecule has 0 radical (unpaired) electrons. The largest absolute Gasteiger partial charge is 1.00 e. The summed E-state index contributed by atoms with van der Waals surface area (Å²) in [7, 11) is 0. The van der Waals surface area contributed by atoms with Crippen LogP contribution < -0.4 is 34.7 Å². The zero-order chi connectivity index (χ0) is 13.4. The zero-order valence-electron chi connectivity index (χ0n) is 12.9. The summed E-state index contributed by atoms with van der Waals surface area (Å²) in [5.74, 6) is 0. The van der Waals surface area contributed by atoms with Gasteiger partial charge in [0.05, 0.1) is 0 Å². The van der Waals surface area contributed by atoms with Gasteiger partial charge in [-0.25, -0.2) is 0 Å². The Morgan fingerprint density at radius 3 is 1.17 bits per heavy atom. The number of rotatable bonds is 10. The van der Waals surface area contributed by atoms with E-state index in [0.717, 1.165) is 45.5 Å². The molecule has 0 spiro atoms. The van der Waals surface area contributed by atoms with Crippen molar-refractivity contribution in [3.63, 3.8) is 0 Å². The minimum absolute atomic E-state index is 0. The first kappa shape index (κ1) is 24.4. The number of hydrogen-bond acceptors (Lipinski definition) is 4. The molecule has 0 saturated heterocycles. The third kappa shape index (κ3) is 22.5. The second kappa shape index (κ2) is 23.5. The van der Waals surface area contributed by atoms with Gasteiger partial charge >= 0.3 is 44.7 Å². The molecule has 0 N–H and O–H groups in total. The van der Waals surface area contributed by atoms with E-state index in [2.05, 4.69) is 20.8 Å². The fraction of sp³-hybridized carbons (Fsp3) is 1.00. The molecule has 0 fully saturated rings. The van der Waals surface area contributed by atoms with Crippen LogP contribution in [0.1, 0.15) is 53.4 Å². The number of hydrogen-bond donors (Lipinski definition) is 0. The van der Waals surface area contributed by atoms with Gasteiger partial charge in [0.15, 0.2) is 0 Å². The molecule has 0 aliphatic heterocycles. The van der Waals surface area contributed by atoms with Gasteiger partial charge in [0.1, 0.15) is 0 Å². The Kier molecular flexibility index (Phi) is 31.8. The van der Waals surface area contributed by atoms with Gasteiger partial charge < -0.3 is 16.5 Å². The summed E-state index contributed by atoms with van der Waals surface area (Å²) in [6.45, 7) is 10.5. The van der Waals surface area contributed by atoms with Crippen LogP contribution in [-0.4, -0.2) is 41.6 Å². The molecule has 0 amide bonds. The minimum atomic E-state index is -1.79. The Bertz CT molecular complexity index is 110. The second-order valence-corrected chi connectivity index (χ2v) is 5.18. The van der Waals surface area contributed by atoms with Crippen LogP contribution in [0.2, 0.25) is 0 Å². The maximum atomic E-state index is 9.30. The van der Waals surface area contributed by atoms with Crippen LogP contribution in [-0.2, 0) is 11.4 Å². The molecule has 0 aromatic heterocycles. The van der Waals surface area contributed by atoms with Crippen LogP contribution in [0.25, 0.3) is 0 Å². The Hall–Kier alpha value is 1.37. The third-order valence-corrected chi connectivity index (χ3v) is 3.10. The molecule has 0 bridgehead atoms. The van der Waals surface area contributed by atoms with E-state index in [1.807, 2.05) is 6.92 Å². The molecular weight excluding hydrogens is 258 g/mol. The predicted molar refractivity (Wildman–Crippen MR) is 69.6 cm³/mol. The van der Waals surface area contributed by atoms with Crippen molar-refractivity contribution in [1.29, 1.82) is 0 Å². The average Bonchev–Trinajstić information content (AvgIpc) is 2.38. The van der Waals surface area contributed by atoms with Crippen LogP contribution in [0, 0.1) is 0 Å². The normalized spacial score (nSPS) is 9.17. The molecule has 0 aromatic rings. The van der Waals surface area contributed by atoms with E-state index in [4.69, 9.17) is 11.4 Å². The maximum absolute atomic E-state index is 9.30. The summed E-state index contributed by atoms with van der Waals surface area (Å²) in [5.41, 5.74) is 0. The molecular formula is C12H28AlNaO4. The molecule has 6 heteroatoms. The van der Waals surface area contributed by atoms with Gasteiger partial charge in [-0.05, 0) is 19.3 Å². The van der Waals surface area contributed by atoms with Crippen LogP contribution in [0.4, 0.5) is 0 Å². The predicted octanol–water partition coefficient (Wildman–Crippen LogP) is -0.988. The van der Waals surface area contributed by atoms with Crippen LogP contribution in [0.5, 0.6) is 0 Å². The second-order valence-electron chi connectivity index (χ2n) is 3.61. The monoisotopic (exact) mass is 286 g/mol. The average molecular weight is 286 g/mol. The van der Waals surface area contributed by atoms with E-state index in [-0.39, 0.29) is 36.2 Å². The van der Waals surface area contributed by atoms with Crippen molar-refractivity contribution in [2.75, 3.05) is 26.4 Å². The molecule has 0 atom stereocenters. The topological polar surface area (TPSA) is 50.8 Å². The van der Waals surface area contributed by atoms with E-state index < -0.39 is 15.1 Å². The molecule has 0 aliphatic carbocycles. The van der Waals surface area contributed by atoms with Gasteiger partial charge in [0.2, 0.25) is 0 Å². The van der Waals surface area contributed by atoms with Crippen molar-refractivity contribution < 1.29 is 46.0 Å². The maximum Gasteiger partial charge on any atom is 1.00 e. The van der Waals surface area contributed by atoms with Gasteiger partial charge in [-0.15, -0.1) is 6.61 Å². The van der Waals surface area contributed by atoms with E-state index in [0.29, 0.717) is 0 Å². The van der Waals surface area contributed by atoms with Crippen LogP contribution in [0.3, 0.4) is 0 Å². The fourth-order valence-corrected chi connectivity index (χ4v) is 2.36. The van der Waals surface area contributed by atoms with Crippen molar-refractivity contribution in [3.8, 4) is 0 Å². The van der Waals surface area contributed by atoms with E-state index in [1.54, 1.807) is 0 Å². The third-order valence-electron chi connectivity index (χ3n) is 1.58. The van der Waals surface area contributed by atoms with Crippen molar-refractivity contribution in [2.45, 2.75) is 53.4 Å². The summed E-state index contributed by atoms with van der Waals surface area (Å²) in [6, 6.07) is 0. The smallest absolute Gasteiger partial charge is 0.854 e. The van der Waals surface area contributed by atoms with Crippen molar-refractivity contribution in [3.05, 3.63) is 0 Å². The van der Waals surface area contributed by atoms with Gasteiger partial charge in [0.25, 0.3) is 0 Å². The molecule has 18 heavy (non-hydrogen) atoms. The summed E-state index contributed by atoms with van der Waals surface area (Å²) in [4.78, 5) is 0. The van der Waals surface area contributed by atoms with Crippen molar-refractivity contribution in [1.82, 2.24) is 0 Å². The standard InChI is InChI=1S/4C3H7O.Al.Na/c4*1-2-3-4;;/h4*2-3H2,1H3;;/q4*-1;+3;+1. The zero-order valence-corrected chi connectivity index (χ0v) is 16.0. The Balaban J connectivity index is -0.000000392. The Labute approximate surface area is 140 Å². The summed E-state index contributed by atoms with van der Waals surface area (Å²) in [5, 5.41) is 9.30. The van der Waals surface area contributed by atoms with Crippen LogP contribution >= 0.6 is 0 Å². The van der Waals surface area contributed by atoms with Crippen molar-refractivity contribution >= 4 is 15.1 Å². The van der Waals surface area contributed by atoms with Gasteiger partial charge in [-0.3, -0.25) is 0 Å². The molecule has 104 valence electrons. The summed E-state index contributed by atoms with van der Waals surface area (Å²) < 4.78 is 16.5. The van der Waals surface area contributed by atoms with E-state index in [1.165, 1.54) is 0 Å². The Morgan fingerprint density at radius 2 is 1.00 bits per heavy atom. The summed E-state index contributed by atoms with van der Waals surface area (Å²) >= 11 is -1.79.